The Balaban J connectivity index is 0.000000218. The molecular weight excluding hydrogens is 641 g/mol. The predicted octanol–water partition coefficient (Wildman–Crippen LogP) is 8.37. The molecule has 1 aliphatic rings. The Morgan fingerprint density at radius 2 is 1.29 bits per heavy atom. The second kappa shape index (κ2) is 11.2. The van der Waals surface area contributed by atoms with Gasteiger partial charge in [-0.15, -0.1) is 70.8 Å². The van der Waals surface area contributed by atoms with Crippen LogP contribution in [-0.2, 0) is 30.9 Å². The molecule has 38 heavy (non-hydrogen) atoms. The monoisotopic (exact) mass is 673 g/mol. The molecule has 0 spiro atoms. The van der Waals surface area contributed by atoms with Crippen molar-refractivity contribution in [3.63, 3.8) is 0 Å². The van der Waals surface area contributed by atoms with Crippen molar-refractivity contribution < 1.29 is 20.1 Å². The Kier molecular flexibility index (Phi) is 8.11. The summed E-state index contributed by atoms with van der Waals surface area (Å²) in [5.74, 6) is 0. The van der Waals surface area contributed by atoms with Crippen LogP contribution in [0.3, 0.4) is 0 Å². The van der Waals surface area contributed by atoms with E-state index in [2.05, 4.69) is 93.1 Å². The third kappa shape index (κ3) is 5.14. The van der Waals surface area contributed by atoms with Crippen LogP contribution in [0.25, 0.3) is 22.5 Å². The van der Waals surface area contributed by atoms with Gasteiger partial charge in [-0.25, -0.2) is 0 Å². The van der Waals surface area contributed by atoms with Gasteiger partial charge in [0, 0.05) is 32.5 Å². The SMILES string of the molecule is Cc1ccc2c(c1)C(C)(C)c1cc[c-]c(-c3ccccn3)c1C2(C)C.[Ir].[c-]1ccccc1-c1ccccn1. The van der Waals surface area contributed by atoms with Crippen molar-refractivity contribution in [2.45, 2.75) is 45.4 Å². The molecule has 0 aliphatic heterocycles. The molecule has 3 heteroatoms. The first-order chi connectivity index (χ1) is 17.8. The van der Waals surface area contributed by atoms with Crippen molar-refractivity contribution in [3.05, 3.63) is 143 Å². The van der Waals surface area contributed by atoms with Crippen LogP contribution in [0.5, 0.6) is 0 Å². The molecule has 2 heterocycles. The van der Waals surface area contributed by atoms with Gasteiger partial charge in [-0.3, -0.25) is 0 Å². The minimum atomic E-state index is -0.0848. The zero-order valence-electron chi connectivity index (χ0n) is 22.5. The Bertz CT molecular complexity index is 1470. The molecule has 5 aromatic rings. The molecule has 0 atom stereocenters. The normalized spacial score (nSPS) is 14.1. The fourth-order valence-electron chi connectivity index (χ4n) is 5.46. The first-order valence-corrected chi connectivity index (χ1v) is 12.8. The largest absolute Gasteiger partial charge is 0.305 e. The summed E-state index contributed by atoms with van der Waals surface area (Å²) in [7, 11) is 0. The van der Waals surface area contributed by atoms with Gasteiger partial charge in [0.25, 0.3) is 0 Å². The number of nitrogens with zero attached hydrogens (tertiary/aromatic N) is 2. The average molecular weight is 673 g/mol. The summed E-state index contributed by atoms with van der Waals surface area (Å²) in [6.45, 7) is 11.5. The summed E-state index contributed by atoms with van der Waals surface area (Å²) in [5.41, 5.74) is 10.9. The van der Waals surface area contributed by atoms with Crippen LogP contribution in [0.15, 0.2) is 103 Å². The van der Waals surface area contributed by atoms with E-state index in [-0.39, 0.29) is 30.9 Å². The van der Waals surface area contributed by atoms with Gasteiger partial charge >= 0.3 is 0 Å². The summed E-state index contributed by atoms with van der Waals surface area (Å²) >= 11 is 0. The smallest absolute Gasteiger partial charge is 0.0160 e. The second-order valence-corrected chi connectivity index (χ2v) is 10.6. The topological polar surface area (TPSA) is 25.8 Å². The molecule has 0 N–H and O–H groups in total. The third-order valence-electron chi connectivity index (χ3n) is 7.39. The fraction of sp³-hybridized carbons (Fsp3) is 0.200. The van der Waals surface area contributed by atoms with Gasteiger partial charge in [-0.2, -0.15) is 0 Å². The third-order valence-corrected chi connectivity index (χ3v) is 7.39. The number of hydrogen-bond acceptors (Lipinski definition) is 2. The van der Waals surface area contributed by atoms with E-state index < -0.39 is 0 Å². The van der Waals surface area contributed by atoms with E-state index in [1.165, 1.54) is 27.8 Å². The molecule has 2 nitrogen and oxygen atoms in total. The van der Waals surface area contributed by atoms with Gasteiger partial charge in [0.2, 0.25) is 0 Å². The van der Waals surface area contributed by atoms with Gasteiger partial charge in [0.1, 0.15) is 0 Å². The van der Waals surface area contributed by atoms with Crippen molar-refractivity contribution in [3.8, 4) is 22.5 Å². The molecule has 1 radical (unpaired) electrons. The standard InChI is InChI=1S/C24H24N.C11H8N.Ir/c1-16-12-13-18-20(15-16)23(2,3)19-10-8-9-17(22(19)24(18,4)5)21-11-6-7-14-25-21;1-2-6-10(7-3-1)11-8-4-5-9-12-11;/h6-8,10-15H,1-5H3;1-6,8-9H;/q2*-1;. The molecule has 193 valence electrons. The maximum Gasteiger partial charge on any atom is 0.0160 e. The van der Waals surface area contributed by atoms with Gasteiger partial charge in [-0.1, -0.05) is 75.7 Å². The van der Waals surface area contributed by atoms with Gasteiger partial charge in [-0.05, 0) is 52.4 Å². The number of hydrogen-bond donors (Lipinski definition) is 0. The van der Waals surface area contributed by atoms with Gasteiger partial charge in [0.15, 0.2) is 0 Å². The number of benzene rings is 3. The molecule has 0 amide bonds. The number of pyridine rings is 2. The zero-order chi connectivity index (χ0) is 26.0. The maximum absolute atomic E-state index is 4.61. The van der Waals surface area contributed by atoms with Crippen LogP contribution in [0.1, 0.15) is 55.5 Å². The van der Waals surface area contributed by atoms with E-state index in [1.807, 2.05) is 60.8 Å². The van der Waals surface area contributed by atoms with Crippen molar-refractivity contribution in [2.75, 3.05) is 0 Å². The first kappa shape index (κ1) is 27.6. The van der Waals surface area contributed by atoms with Crippen LogP contribution in [-0.4, -0.2) is 9.97 Å². The predicted molar refractivity (Wildman–Crippen MR) is 152 cm³/mol. The molecule has 3 aromatic carbocycles. The second-order valence-electron chi connectivity index (χ2n) is 10.6. The summed E-state index contributed by atoms with van der Waals surface area (Å²) in [5, 5.41) is 0. The minimum Gasteiger partial charge on any atom is -0.305 e. The van der Waals surface area contributed by atoms with E-state index in [0.717, 1.165) is 22.5 Å². The number of fused-ring (bicyclic) bond motifs is 2. The quantitative estimate of drug-likeness (QED) is 0.176. The Morgan fingerprint density at radius 1 is 0.605 bits per heavy atom. The summed E-state index contributed by atoms with van der Waals surface area (Å²) in [6, 6.07) is 37.6. The van der Waals surface area contributed by atoms with Crippen LogP contribution >= 0.6 is 0 Å². The average Bonchev–Trinajstić information content (AvgIpc) is 2.94. The van der Waals surface area contributed by atoms with Crippen molar-refractivity contribution in [1.82, 2.24) is 9.97 Å². The molecule has 6 rings (SSSR count). The van der Waals surface area contributed by atoms with Gasteiger partial charge < -0.3 is 9.97 Å². The zero-order valence-corrected chi connectivity index (χ0v) is 24.9. The summed E-state index contributed by atoms with van der Waals surface area (Å²) in [6.07, 6.45) is 3.65. The Morgan fingerprint density at radius 3 is 1.92 bits per heavy atom. The van der Waals surface area contributed by atoms with E-state index in [0.29, 0.717) is 0 Å². The van der Waals surface area contributed by atoms with Crippen molar-refractivity contribution in [2.24, 2.45) is 0 Å². The van der Waals surface area contributed by atoms with Crippen LogP contribution < -0.4 is 0 Å². The van der Waals surface area contributed by atoms with Crippen LogP contribution in [0, 0.1) is 19.1 Å². The number of aryl methyl sites for hydroxylation is 1. The molecule has 2 aromatic heterocycles. The maximum atomic E-state index is 4.61. The van der Waals surface area contributed by atoms with Crippen molar-refractivity contribution >= 4 is 0 Å². The fourth-order valence-corrected chi connectivity index (χ4v) is 5.46. The molecule has 0 saturated heterocycles. The molecule has 0 unspecified atom stereocenters. The molecule has 1 aliphatic carbocycles. The number of rotatable bonds is 2. The Labute approximate surface area is 240 Å². The van der Waals surface area contributed by atoms with Crippen LogP contribution in [0.4, 0.5) is 0 Å². The molecule has 0 bridgehead atoms. The van der Waals surface area contributed by atoms with Crippen LogP contribution in [0.2, 0.25) is 0 Å². The summed E-state index contributed by atoms with van der Waals surface area (Å²) in [4.78, 5) is 8.83. The molecule has 0 fully saturated rings. The van der Waals surface area contributed by atoms with E-state index in [1.54, 1.807) is 6.20 Å². The van der Waals surface area contributed by atoms with E-state index >= 15 is 0 Å². The Hall–Kier alpha value is -3.39. The van der Waals surface area contributed by atoms with Gasteiger partial charge in [0.05, 0.1) is 0 Å². The minimum absolute atomic E-state index is 0. The van der Waals surface area contributed by atoms with Crippen molar-refractivity contribution in [1.29, 1.82) is 0 Å². The van der Waals surface area contributed by atoms with E-state index in [4.69, 9.17) is 0 Å². The molecular formula is C35H32IrN2-2. The first-order valence-electron chi connectivity index (χ1n) is 12.8. The number of aromatic nitrogens is 2. The van der Waals surface area contributed by atoms with E-state index in [9.17, 15) is 0 Å². The summed E-state index contributed by atoms with van der Waals surface area (Å²) < 4.78 is 0. The molecule has 0 saturated carbocycles.